The van der Waals surface area contributed by atoms with Gasteiger partial charge >= 0.3 is 6.03 Å². The molecule has 2 aromatic rings. The molecule has 0 spiro atoms. The highest BCUT2D eigenvalue weighted by Crippen LogP contribution is 2.27. The number of nitrogens with zero attached hydrogens (tertiary/aromatic N) is 1. The monoisotopic (exact) mass is 425 g/mol. The number of urea groups is 1. The van der Waals surface area contributed by atoms with Crippen molar-refractivity contribution >= 4 is 35.3 Å². The lowest BCUT2D eigenvalue weighted by molar-refractivity contribution is -0.125. The number of imide groups is 1. The van der Waals surface area contributed by atoms with E-state index in [1.807, 2.05) is 30.3 Å². The number of hydrogen-bond acceptors (Lipinski definition) is 5. The summed E-state index contributed by atoms with van der Waals surface area (Å²) >= 11 is 1.63. The highest BCUT2D eigenvalue weighted by Gasteiger charge is 2.28. The zero-order valence-electron chi connectivity index (χ0n) is 16.4. The molecule has 2 aliphatic rings. The van der Waals surface area contributed by atoms with Crippen LogP contribution in [0, 0.1) is 0 Å². The number of amides is 4. The van der Waals surface area contributed by atoms with Crippen LogP contribution in [0.25, 0.3) is 0 Å². The maximum Gasteiger partial charge on any atom is 0.324 e. The lowest BCUT2D eigenvalue weighted by Gasteiger charge is -2.14. The van der Waals surface area contributed by atoms with Gasteiger partial charge in [0, 0.05) is 22.9 Å². The van der Waals surface area contributed by atoms with E-state index in [0.717, 1.165) is 40.6 Å². The van der Waals surface area contributed by atoms with E-state index in [2.05, 4.69) is 10.6 Å². The van der Waals surface area contributed by atoms with Crippen LogP contribution in [0.3, 0.4) is 0 Å². The Kier molecular flexibility index (Phi) is 6.35. The second-order valence-corrected chi connectivity index (χ2v) is 8.30. The summed E-state index contributed by atoms with van der Waals surface area (Å²) in [4.78, 5) is 38.5. The van der Waals surface area contributed by atoms with Crippen molar-refractivity contribution in [2.75, 3.05) is 24.2 Å². The van der Waals surface area contributed by atoms with E-state index in [9.17, 15) is 14.4 Å². The Morgan fingerprint density at radius 2 is 2.07 bits per heavy atom. The summed E-state index contributed by atoms with van der Waals surface area (Å²) in [6.07, 6.45) is 2.40. The lowest BCUT2D eigenvalue weighted by atomic mass is 10.1. The van der Waals surface area contributed by atoms with E-state index in [1.54, 1.807) is 30.0 Å². The van der Waals surface area contributed by atoms with Crippen molar-refractivity contribution in [3.05, 3.63) is 59.7 Å². The van der Waals surface area contributed by atoms with Gasteiger partial charge in [-0.25, -0.2) is 4.79 Å². The molecule has 0 aromatic heterocycles. The van der Waals surface area contributed by atoms with Crippen molar-refractivity contribution in [3.8, 4) is 0 Å². The quantitative estimate of drug-likeness (QED) is 0.525. The number of anilines is 1. The number of hydrogen-bond donors (Lipinski definition) is 2. The zero-order valence-corrected chi connectivity index (χ0v) is 17.2. The third kappa shape index (κ3) is 4.83. The number of ether oxygens (including phenoxy) is 1. The average Bonchev–Trinajstić information content (AvgIpc) is 3.38. The van der Waals surface area contributed by atoms with Crippen molar-refractivity contribution in [3.63, 3.8) is 0 Å². The van der Waals surface area contributed by atoms with E-state index >= 15 is 0 Å². The van der Waals surface area contributed by atoms with Gasteiger partial charge < -0.3 is 15.4 Å². The number of rotatable bonds is 7. The molecule has 2 N–H and O–H groups in total. The predicted molar refractivity (Wildman–Crippen MR) is 114 cm³/mol. The van der Waals surface area contributed by atoms with Crippen LogP contribution in [0.2, 0.25) is 0 Å². The van der Waals surface area contributed by atoms with Crippen molar-refractivity contribution in [1.82, 2.24) is 10.2 Å². The number of carbonyl (C=O) groups excluding carboxylic acids is 3. The Hall–Kier alpha value is -2.84. The fraction of sp³-hybridized carbons (Fsp3) is 0.318. The molecule has 4 amide bonds. The Morgan fingerprint density at radius 3 is 2.83 bits per heavy atom. The minimum Gasteiger partial charge on any atom is -0.377 e. The van der Waals surface area contributed by atoms with Gasteiger partial charge in [-0.1, -0.05) is 24.3 Å². The Balaban J connectivity index is 1.42. The summed E-state index contributed by atoms with van der Waals surface area (Å²) in [6.45, 7) is 1.01. The fourth-order valence-electron chi connectivity index (χ4n) is 3.48. The van der Waals surface area contributed by atoms with Gasteiger partial charge in [0.1, 0.15) is 0 Å². The summed E-state index contributed by atoms with van der Waals surface area (Å²) < 4.78 is 5.68. The van der Waals surface area contributed by atoms with Crippen LogP contribution in [0.4, 0.5) is 10.5 Å². The van der Waals surface area contributed by atoms with Gasteiger partial charge in [-0.2, -0.15) is 0 Å². The van der Waals surface area contributed by atoms with Crippen molar-refractivity contribution < 1.29 is 19.1 Å². The number of thioether (sulfide) groups is 1. The molecule has 2 aromatic carbocycles. The van der Waals surface area contributed by atoms with E-state index in [0.29, 0.717) is 11.3 Å². The molecule has 2 heterocycles. The van der Waals surface area contributed by atoms with Crippen LogP contribution >= 0.6 is 11.8 Å². The zero-order chi connectivity index (χ0) is 20.9. The van der Waals surface area contributed by atoms with E-state index < -0.39 is 6.03 Å². The van der Waals surface area contributed by atoms with Gasteiger partial charge in [0.25, 0.3) is 5.91 Å². The molecule has 30 heavy (non-hydrogen) atoms. The molecule has 7 nitrogen and oxygen atoms in total. The lowest BCUT2D eigenvalue weighted by Crippen LogP contribution is -2.30. The number of benzene rings is 2. The first-order chi connectivity index (χ1) is 14.6. The van der Waals surface area contributed by atoms with Crippen LogP contribution in [-0.2, 0) is 16.1 Å². The topological polar surface area (TPSA) is 87.7 Å². The molecule has 0 aliphatic carbocycles. The predicted octanol–water partition coefficient (Wildman–Crippen LogP) is 3.26. The van der Waals surface area contributed by atoms with Crippen LogP contribution in [-0.4, -0.2) is 47.8 Å². The van der Waals surface area contributed by atoms with Crippen molar-refractivity contribution in [1.29, 1.82) is 0 Å². The normalized spacial score (nSPS) is 18.5. The van der Waals surface area contributed by atoms with Crippen molar-refractivity contribution in [2.24, 2.45) is 0 Å². The summed E-state index contributed by atoms with van der Waals surface area (Å²) in [6, 6.07) is 14.3. The van der Waals surface area contributed by atoms with Crippen molar-refractivity contribution in [2.45, 2.75) is 30.4 Å². The molecule has 1 atom stereocenters. The first kappa shape index (κ1) is 20.4. The second-order valence-electron chi connectivity index (χ2n) is 7.24. The summed E-state index contributed by atoms with van der Waals surface area (Å²) in [5.74, 6) is 0.371. The molecule has 8 heteroatoms. The third-order valence-electron chi connectivity index (χ3n) is 5.04. The van der Waals surface area contributed by atoms with Crippen LogP contribution in [0.15, 0.2) is 53.4 Å². The largest absolute Gasteiger partial charge is 0.377 e. The highest BCUT2D eigenvalue weighted by molar-refractivity contribution is 7.99. The first-order valence-corrected chi connectivity index (χ1v) is 10.9. The maximum atomic E-state index is 12.9. The average molecular weight is 426 g/mol. The van der Waals surface area contributed by atoms with Gasteiger partial charge in [-0.15, -0.1) is 11.8 Å². The molecule has 1 unspecified atom stereocenters. The van der Waals surface area contributed by atoms with Crippen LogP contribution in [0.5, 0.6) is 0 Å². The second kappa shape index (κ2) is 9.32. The summed E-state index contributed by atoms with van der Waals surface area (Å²) in [5, 5.41) is 5.43. The van der Waals surface area contributed by atoms with Gasteiger partial charge in [0.2, 0.25) is 5.91 Å². The van der Waals surface area contributed by atoms with Crippen LogP contribution < -0.4 is 10.6 Å². The molecule has 0 saturated carbocycles. The molecule has 2 saturated heterocycles. The molecular weight excluding hydrogens is 402 g/mol. The third-order valence-corrected chi connectivity index (χ3v) is 6.25. The minimum absolute atomic E-state index is 0.0234. The highest BCUT2D eigenvalue weighted by atomic mass is 32.2. The molecule has 156 valence electrons. The number of nitrogens with one attached hydrogen (secondary N) is 2. The minimum atomic E-state index is -0.397. The Bertz CT molecular complexity index is 943. The molecule has 0 radical (unpaired) electrons. The molecular formula is C22H23N3O4S. The van der Waals surface area contributed by atoms with Gasteiger partial charge in [-0.3, -0.25) is 14.5 Å². The van der Waals surface area contributed by atoms with Crippen LogP contribution in [0.1, 0.15) is 28.8 Å². The first-order valence-electron chi connectivity index (χ1n) is 9.92. The maximum absolute atomic E-state index is 12.9. The summed E-state index contributed by atoms with van der Waals surface area (Å²) in [7, 11) is 0. The van der Waals surface area contributed by atoms with Gasteiger partial charge in [0.05, 0.1) is 24.8 Å². The Labute approximate surface area is 179 Å². The molecule has 2 fully saturated rings. The molecule has 0 bridgehead atoms. The van der Waals surface area contributed by atoms with Gasteiger partial charge in [0.15, 0.2) is 0 Å². The smallest absolute Gasteiger partial charge is 0.324 e. The molecule has 4 rings (SSSR count). The van der Waals surface area contributed by atoms with E-state index in [-0.39, 0.29) is 31.0 Å². The Morgan fingerprint density at radius 1 is 1.20 bits per heavy atom. The summed E-state index contributed by atoms with van der Waals surface area (Å²) in [5.41, 5.74) is 1.99. The van der Waals surface area contributed by atoms with Gasteiger partial charge in [-0.05, 0) is 42.7 Å². The fourth-order valence-corrected chi connectivity index (χ4v) is 4.60. The number of carbonyl (C=O) groups is 3. The van der Waals surface area contributed by atoms with E-state index in [1.165, 1.54) is 0 Å². The standard InChI is InChI=1S/C22H23N3O4S/c26-20-12-23-22(28)25(20)13-15-5-3-6-16(11-15)24-21(27)18-8-1-2-9-19(18)30-14-17-7-4-10-29-17/h1-3,5-6,8-9,11,17H,4,7,10,12-14H2,(H,23,28)(H,24,27). The van der Waals surface area contributed by atoms with E-state index in [4.69, 9.17) is 4.74 Å². The SMILES string of the molecule is O=C(Nc1cccc(CN2C(=O)CNC2=O)c1)c1ccccc1SCC1CCCO1. The molecule has 2 aliphatic heterocycles.